The molecule has 23 aromatic rings. The van der Waals surface area contributed by atoms with Crippen LogP contribution in [0, 0.1) is 55.4 Å². The lowest BCUT2D eigenvalue weighted by atomic mass is 9.98. The van der Waals surface area contributed by atoms with Crippen molar-refractivity contribution in [3.63, 3.8) is 0 Å². The summed E-state index contributed by atoms with van der Waals surface area (Å²) in [5.74, 6) is 0. The molecule has 0 bridgehead atoms. The first-order valence-corrected chi connectivity index (χ1v) is 40.0. The molecule has 19 aromatic carbocycles. The Morgan fingerprint density at radius 3 is 1.21 bits per heavy atom. The van der Waals surface area contributed by atoms with E-state index in [1.807, 2.05) is 59.1 Å². The highest BCUT2D eigenvalue weighted by molar-refractivity contribution is 7.26. The molecule has 0 aliphatic heterocycles. The first kappa shape index (κ1) is 73.2. The van der Waals surface area contributed by atoms with Crippen molar-refractivity contribution >= 4 is 182 Å². The van der Waals surface area contributed by atoms with Gasteiger partial charge in [0.15, 0.2) is 0 Å². The summed E-state index contributed by atoms with van der Waals surface area (Å²) in [6, 6.07) is 133. The number of furan rings is 2. The van der Waals surface area contributed by atoms with Crippen LogP contribution in [-0.4, -0.2) is 0 Å². The van der Waals surface area contributed by atoms with Gasteiger partial charge in [0, 0.05) is 61.9 Å². The molecule has 0 N–H and O–H groups in total. The lowest BCUT2D eigenvalue weighted by Gasteiger charge is -2.06. The van der Waals surface area contributed by atoms with E-state index in [1.165, 1.54) is 182 Å². The SMILES string of the molecule is Cc1cc2ccccc2c2ccccc12.Cc1ccc2c(c1)oc1ccccc12.Cc1ccc2c(c1)sc1ccccc12.Cc1ccc2c(ccc3ccccc32)c1.Cc1ccc2ccc3ccccc3c2c1.Cc1ccc2ccccc2c1.Cc1cccc2c1oc1ccccc12.Cc1cccc2c1sc1ccccc12. The fourth-order valence-electron chi connectivity index (χ4n) is 15.2. The largest absolute Gasteiger partial charge is 0.456 e. The number of aryl methyl sites for hydroxylation is 8. The fourth-order valence-corrected chi connectivity index (χ4v) is 17.6. The third kappa shape index (κ3) is 15.9. The quantitative estimate of drug-likeness (QED) is 0.141. The van der Waals surface area contributed by atoms with Crippen LogP contribution in [0.1, 0.15) is 44.5 Å². The average Bonchev–Trinajstić information content (AvgIpc) is 1.74. The first-order valence-electron chi connectivity index (χ1n) is 38.4. The molecule has 0 radical (unpaired) electrons. The Labute approximate surface area is 662 Å². The fraction of sp³-hybridized carbons (Fsp3) is 0.0741. The highest BCUT2D eigenvalue weighted by Crippen LogP contribution is 2.38. The predicted molar refractivity (Wildman–Crippen MR) is 492 cm³/mol. The van der Waals surface area contributed by atoms with Gasteiger partial charge in [0.2, 0.25) is 0 Å². The van der Waals surface area contributed by atoms with Gasteiger partial charge < -0.3 is 8.83 Å². The van der Waals surface area contributed by atoms with Crippen molar-refractivity contribution in [3.05, 3.63) is 421 Å². The molecular formula is C108H86O2S2. The average molecular weight is 1480 g/mol. The Hall–Kier alpha value is -13.0. The Morgan fingerprint density at radius 2 is 0.536 bits per heavy atom. The van der Waals surface area contributed by atoms with E-state index in [-0.39, 0.29) is 0 Å². The molecule has 4 heteroatoms. The molecular weight excluding hydrogens is 1390 g/mol. The Kier molecular flexibility index (Phi) is 21.6. The number of para-hydroxylation sites is 3. The van der Waals surface area contributed by atoms with Crippen LogP contribution < -0.4 is 0 Å². The summed E-state index contributed by atoms with van der Waals surface area (Å²) in [7, 11) is 0. The van der Waals surface area contributed by atoms with E-state index in [2.05, 4.69) is 395 Å². The molecule has 542 valence electrons. The van der Waals surface area contributed by atoms with E-state index >= 15 is 0 Å². The van der Waals surface area contributed by atoms with Crippen LogP contribution in [0.25, 0.3) is 160 Å². The number of rotatable bonds is 0. The normalized spacial score (nSPS) is 11.0. The van der Waals surface area contributed by atoms with Crippen molar-refractivity contribution in [2.24, 2.45) is 0 Å². The van der Waals surface area contributed by atoms with Crippen molar-refractivity contribution < 1.29 is 8.83 Å². The molecule has 0 aliphatic carbocycles. The molecule has 0 aliphatic rings. The van der Waals surface area contributed by atoms with Gasteiger partial charge in [0.1, 0.15) is 22.3 Å². The van der Waals surface area contributed by atoms with Gasteiger partial charge in [-0.15, -0.1) is 22.7 Å². The van der Waals surface area contributed by atoms with E-state index < -0.39 is 0 Å². The molecule has 4 heterocycles. The van der Waals surface area contributed by atoms with Crippen LogP contribution in [0.5, 0.6) is 0 Å². The molecule has 0 saturated heterocycles. The van der Waals surface area contributed by atoms with E-state index in [1.54, 1.807) is 0 Å². The summed E-state index contributed by atoms with van der Waals surface area (Å²) >= 11 is 3.76. The van der Waals surface area contributed by atoms with Crippen molar-refractivity contribution in [2.75, 3.05) is 0 Å². The second-order valence-electron chi connectivity index (χ2n) is 29.1. The van der Waals surface area contributed by atoms with Crippen LogP contribution in [0.4, 0.5) is 0 Å². The molecule has 4 aromatic heterocycles. The molecule has 0 unspecified atom stereocenters. The Bertz CT molecular complexity index is 7090. The summed E-state index contributed by atoms with van der Waals surface area (Å²) in [6.45, 7) is 17.0. The second-order valence-corrected chi connectivity index (χ2v) is 31.3. The predicted octanol–water partition coefficient (Wildman–Crippen LogP) is 32.6. The van der Waals surface area contributed by atoms with Crippen LogP contribution in [0.2, 0.25) is 0 Å². The van der Waals surface area contributed by atoms with Crippen LogP contribution in [-0.2, 0) is 0 Å². The smallest absolute Gasteiger partial charge is 0.138 e. The molecule has 0 amide bonds. The highest BCUT2D eigenvalue weighted by atomic mass is 32.1. The highest BCUT2D eigenvalue weighted by Gasteiger charge is 2.11. The zero-order valence-electron chi connectivity index (χ0n) is 64.4. The number of thiophene rings is 2. The number of fused-ring (bicyclic) bond motifs is 22. The minimum absolute atomic E-state index is 0.966. The molecule has 0 fully saturated rings. The van der Waals surface area contributed by atoms with E-state index in [4.69, 9.17) is 8.83 Å². The van der Waals surface area contributed by atoms with Crippen molar-refractivity contribution in [1.82, 2.24) is 0 Å². The van der Waals surface area contributed by atoms with Gasteiger partial charge in [0.25, 0.3) is 0 Å². The van der Waals surface area contributed by atoms with Gasteiger partial charge in [-0.25, -0.2) is 0 Å². The standard InChI is InChI=1S/3C15H12.2C13H10O.2C13H10S.C11H10/c1-11-10-12-6-2-3-8-14(12)15-9-5-4-7-13(11)15;1-11-6-9-15-13(10-11)8-7-12-4-2-3-5-14(12)15;1-11-6-7-13-9-8-12-4-2-3-5-14(12)15(13)10-11;1-9-5-4-7-11-10-6-2-3-8-12(10)14-13(9)11;1-9-6-7-11-10-4-2-3-5-12(10)14-13(11)8-9;1-9-5-4-7-11-10-6-2-3-8-12(10)14-13(9)11;1-9-6-7-11-10-4-2-3-5-12(10)14-13(11)8-9;1-9-6-7-10-4-2-3-5-11(10)8-9/h3*2-10H,1H3;4*2-8H,1H3;2-8H,1H3. The topological polar surface area (TPSA) is 26.3 Å². The number of benzene rings is 19. The van der Waals surface area contributed by atoms with Crippen LogP contribution in [0.15, 0.2) is 385 Å². The molecule has 112 heavy (non-hydrogen) atoms. The summed E-state index contributed by atoms with van der Waals surface area (Å²) in [5, 5.41) is 29.0. The van der Waals surface area contributed by atoms with Crippen molar-refractivity contribution in [3.8, 4) is 0 Å². The van der Waals surface area contributed by atoms with Crippen LogP contribution >= 0.6 is 22.7 Å². The maximum atomic E-state index is 5.78. The summed E-state index contributed by atoms with van der Waals surface area (Å²) in [6.07, 6.45) is 0. The van der Waals surface area contributed by atoms with Gasteiger partial charge in [0.05, 0.1) is 0 Å². The third-order valence-electron chi connectivity index (χ3n) is 21.0. The molecule has 23 rings (SSSR count). The lowest BCUT2D eigenvalue weighted by molar-refractivity contribution is 0.666. The van der Waals surface area contributed by atoms with Gasteiger partial charge in [-0.05, 0) is 195 Å². The maximum absolute atomic E-state index is 5.78. The zero-order chi connectivity index (χ0) is 76.6. The molecule has 2 nitrogen and oxygen atoms in total. The third-order valence-corrected chi connectivity index (χ3v) is 23.4. The van der Waals surface area contributed by atoms with Gasteiger partial charge in [-0.1, -0.05) is 356 Å². The Balaban J connectivity index is 0.0000000969. The molecule has 0 atom stereocenters. The maximum Gasteiger partial charge on any atom is 0.138 e. The van der Waals surface area contributed by atoms with Crippen LogP contribution in [0.3, 0.4) is 0 Å². The minimum atomic E-state index is 0.966. The van der Waals surface area contributed by atoms with Crippen molar-refractivity contribution in [2.45, 2.75) is 55.4 Å². The summed E-state index contributed by atoms with van der Waals surface area (Å²) in [4.78, 5) is 0. The monoisotopic (exact) mass is 1480 g/mol. The summed E-state index contributed by atoms with van der Waals surface area (Å²) < 4.78 is 17.1. The molecule has 0 saturated carbocycles. The van der Waals surface area contributed by atoms with Gasteiger partial charge in [-0.2, -0.15) is 0 Å². The van der Waals surface area contributed by atoms with E-state index in [0.717, 1.165) is 22.3 Å². The summed E-state index contributed by atoms with van der Waals surface area (Å²) in [5.41, 5.74) is 14.4. The number of hydrogen-bond acceptors (Lipinski definition) is 4. The zero-order valence-corrected chi connectivity index (χ0v) is 66.1. The Morgan fingerprint density at radius 1 is 0.170 bits per heavy atom. The van der Waals surface area contributed by atoms with Gasteiger partial charge >= 0.3 is 0 Å². The van der Waals surface area contributed by atoms with Crippen molar-refractivity contribution in [1.29, 1.82) is 0 Å². The number of hydrogen-bond donors (Lipinski definition) is 0. The second kappa shape index (κ2) is 33.1. The minimum Gasteiger partial charge on any atom is -0.456 e. The van der Waals surface area contributed by atoms with E-state index in [0.29, 0.717) is 0 Å². The molecule has 0 spiro atoms. The first-order chi connectivity index (χ1) is 54.8. The van der Waals surface area contributed by atoms with E-state index in [9.17, 15) is 0 Å². The lowest BCUT2D eigenvalue weighted by Crippen LogP contribution is -1.81. The van der Waals surface area contributed by atoms with Gasteiger partial charge in [-0.3, -0.25) is 0 Å².